The molecule has 0 unspecified atom stereocenters. The van der Waals surface area contributed by atoms with Crippen LogP contribution in [0.2, 0.25) is 5.02 Å². The number of nitrogens with one attached hydrogen (secondary N) is 1. The molecule has 1 heterocycles. The molecule has 27 heavy (non-hydrogen) atoms. The van der Waals surface area contributed by atoms with Gasteiger partial charge in [-0.3, -0.25) is 4.79 Å². The summed E-state index contributed by atoms with van der Waals surface area (Å²) in [6.45, 7) is 2.33. The van der Waals surface area contributed by atoms with Crippen LogP contribution >= 0.6 is 11.6 Å². The molecule has 3 aromatic rings. The number of para-hydroxylation sites is 1. The Balaban J connectivity index is 1.55. The van der Waals surface area contributed by atoms with Gasteiger partial charge in [0, 0.05) is 6.54 Å². The number of halogens is 1. The standard InChI is InChI=1S/C20H21ClN4O2/c1-14-23-19(24-25(14)18-8-4-3-7-17(18)21)20(26)22-13-5-6-15-9-11-16(27-2)12-10-15/h3-4,7-12H,5-6,13H2,1-2H3,(H,22,26). The molecular formula is C20H21ClN4O2. The van der Waals surface area contributed by atoms with Gasteiger partial charge in [0.05, 0.1) is 17.8 Å². The van der Waals surface area contributed by atoms with Crippen molar-refractivity contribution in [1.82, 2.24) is 20.1 Å². The summed E-state index contributed by atoms with van der Waals surface area (Å²) in [7, 11) is 1.65. The summed E-state index contributed by atoms with van der Waals surface area (Å²) in [5.74, 6) is 1.28. The number of ether oxygens (including phenoxy) is 1. The maximum atomic E-state index is 12.3. The van der Waals surface area contributed by atoms with Gasteiger partial charge in [-0.2, -0.15) is 0 Å². The largest absolute Gasteiger partial charge is 0.497 e. The summed E-state index contributed by atoms with van der Waals surface area (Å²) >= 11 is 6.20. The minimum Gasteiger partial charge on any atom is -0.497 e. The summed E-state index contributed by atoms with van der Waals surface area (Å²) in [4.78, 5) is 16.6. The second-order valence-corrected chi connectivity index (χ2v) is 6.46. The lowest BCUT2D eigenvalue weighted by Gasteiger charge is -2.05. The fourth-order valence-electron chi connectivity index (χ4n) is 2.70. The van der Waals surface area contributed by atoms with Gasteiger partial charge >= 0.3 is 0 Å². The van der Waals surface area contributed by atoms with Crippen molar-refractivity contribution in [3.05, 3.63) is 70.8 Å². The number of amides is 1. The summed E-state index contributed by atoms with van der Waals surface area (Å²) in [6, 6.07) is 15.2. The van der Waals surface area contributed by atoms with Crippen LogP contribution in [0.15, 0.2) is 48.5 Å². The molecule has 0 radical (unpaired) electrons. The van der Waals surface area contributed by atoms with Crippen LogP contribution in [0.4, 0.5) is 0 Å². The molecule has 3 rings (SSSR count). The molecule has 6 nitrogen and oxygen atoms in total. The number of hydrogen-bond acceptors (Lipinski definition) is 4. The fourth-order valence-corrected chi connectivity index (χ4v) is 2.92. The third-order valence-electron chi connectivity index (χ3n) is 4.14. The number of aryl methyl sites for hydroxylation is 2. The first-order chi connectivity index (χ1) is 13.1. The molecule has 0 aliphatic heterocycles. The number of hydrogen-bond donors (Lipinski definition) is 1. The Bertz CT molecular complexity index is 922. The Morgan fingerprint density at radius 1 is 1.19 bits per heavy atom. The highest BCUT2D eigenvalue weighted by Crippen LogP contribution is 2.20. The SMILES string of the molecule is COc1ccc(CCCNC(=O)c2nc(C)n(-c3ccccc3Cl)n2)cc1. The first-order valence-corrected chi connectivity index (χ1v) is 9.06. The van der Waals surface area contributed by atoms with Gasteiger partial charge in [-0.05, 0) is 49.6 Å². The van der Waals surface area contributed by atoms with E-state index >= 15 is 0 Å². The molecule has 0 aliphatic carbocycles. The van der Waals surface area contributed by atoms with Crippen LogP contribution in [0.25, 0.3) is 5.69 Å². The summed E-state index contributed by atoms with van der Waals surface area (Å²) < 4.78 is 6.72. The quantitative estimate of drug-likeness (QED) is 0.632. The van der Waals surface area contributed by atoms with E-state index in [1.54, 1.807) is 24.8 Å². The van der Waals surface area contributed by atoms with E-state index in [0.717, 1.165) is 18.6 Å². The van der Waals surface area contributed by atoms with E-state index in [-0.39, 0.29) is 11.7 Å². The van der Waals surface area contributed by atoms with Crippen LogP contribution in [0.3, 0.4) is 0 Å². The van der Waals surface area contributed by atoms with E-state index in [1.807, 2.05) is 42.5 Å². The highest BCUT2D eigenvalue weighted by Gasteiger charge is 2.16. The highest BCUT2D eigenvalue weighted by atomic mass is 35.5. The van der Waals surface area contributed by atoms with E-state index < -0.39 is 0 Å². The van der Waals surface area contributed by atoms with E-state index in [0.29, 0.717) is 23.1 Å². The lowest BCUT2D eigenvalue weighted by molar-refractivity contribution is 0.0943. The van der Waals surface area contributed by atoms with Crippen LogP contribution in [0.1, 0.15) is 28.4 Å². The van der Waals surface area contributed by atoms with E-state index in [9.17, 15) is 4.79 Å². The smallest absolute Gasteiger partial charge is 0.290 e. The van der Waals surface area contributed by atoms with Gasteiger partial charge in [-0.1, -0.05) is 35.9 Å². The Labute approximate surface area is 163 Å². The van der Waals surface area contributed by atoms with Gasteiger partial charge in [0.25, 0.3) is 5.91 Å². The number of nitrogens with zero attached hydrogens (tertiary/aromatic N) is 3. The van der Waals surface area contributed by atoms with Crippen LogP contribution in [-0.2, 0) is 6.42 Å². The molecule has 7 heteroatoms. The maximum absolute atomic E-state index is 12.3. The minimum atomic E-state index is -0.293. The fraction of sp³-hybridized carbons (Fsp3) is 0.250. The first kappa shape index (κ1) is 18.9. The number of aromatic nitrogens is 3. The summed E-state index contributed by atoms with van der Waals surface area (Å²) in [5.41, 5.74) is 1.89. The third-order valence-corrected chi connectivity index (χ3v) is 4.46. The van der Waals surface area contributed by atoms with Crippen LogP contribution < -0.4 is 10.1 Å². The first-order valence-electron chi connectivity index (χ1n) is 8.68. The molecule has 0 spiro atoms. The number of rotatable bonds is 7. The van der Waals surface area contributed by atoms with Crippen molar-refractivity contribution in [3.8, 4) is 11.4 Å². The van der Waals surface area contributed by atoms with Crippen molar-refractivity contribution >= 4 is 17.5 Å². The molecule has 0 atom stereocenters. The predicted molar refractivity (Wildman–Crippen MR) is 105 cm³/mol. The second kappa shape index (κ2) is 8.68. The van der Waals surface area contributed by atoms with Crippen molar-refractivity contribution in [2.45, 2.75) is 19.8 Å². The van der Waals surface area contributed by atoms with Gasteiger partial charge in [0.2, 0.25) is 5.82 Å². The van der Waals surface area contributed by atoms with Gasteiger partial charge in [-0.25, -0.2) is 9.67 Å². The monoisotopic (exact) mass is 384 g/mol. The lowest BCUT2D eigenvalue weighted by atomic mass is 10.1. The Morgan fingerprint density at radius 2 is 1.93 bits per heavy atom. The van der Waals surface area contributed by atoms with E-state index in [4.69, 9.17) is 16.3 Å². The Kier molecular flexibility index (Phi) is 6.08. The normalized spacial score (nSPS) is 10.6. The molecule has 1 N–H and O–H groups in total. The van der Waals surface area contributed by atoms with Crippen LogP contribution in [0, 0.1) is 6.92 Å². The van der Waals surface area contributed by atoms with Gasteiger partial charge < -0.3 is 10.1 Å². The Morgan fingerprint density at radius 3 is 2.63 bits per heavy atom. The predicted octanol–water partition coefficient (Wildman–Crippen LogP) is 3.60. The molecule has 1 aromatic heterocycles. The zero-order chi connectivity index (χ0) is 19.2. The van der Waals surface area contributed by atoms with Crippen molar-refractivity contribution in [2.24, 2.45) is 0 Å². The maximum Gasteiger partial charge on any atom is 0.290 e. The van der Waals surface area contributed by atoms with Crippen LogP contribution in [0.5, 0.6) is 5.75 Å². The van der Waals surface area contributed by atoms with Gasteiger partial charge in [0.15, 0.2) is 0 Å². The molecule has 0 fully saturated rings. The molecular weight excluding hydrogens is 364 g/mol. The van der Waals surface area contributed by atoms with Crippen molar-refractivity contribution in [2.75, 3.05) is 13.7 Å². The summed E-state index contributed by atoms with van der Waals surface area (Å²) in [6.07, 6.45) is 1.69. The topological polar surface area (TPSA) is 69.0 Å². The van der Waals surface area contributed by atoms with Gasteiger partial charge in [-0.15, -0.1) is 5.10 Å². The zero-order valence-corrected chi connectivity index (χ0v) is 16.0. The Hall–Kier alpha value is -2.86. The number of methoxy groups -OCH3 is 1. The van der Waals surface area contributed by atoms with Gasteiger partial charge in [0.1, 0.15) is 11.6 Å². The molecule has 0 saturated carbocycles. The highest BCUT2D eigenvalue weighted by molar-refractivity contribution is 6.32. The van der Waals surface area contributed by atoms with E-state index in [1.165, 1.54) is 5.56 Å². The molecule has 140 valence electrons. The number of carbonyl (C=O) groups is 1. The molecule has 2 aromatic carbocycles. The minimum absolute atomic E-state index is 0.136. The van der Waals surface area contributed by atoms with Crippen molar-refractivity contribution in [1.29, 1.82) is 0 Å². The molecule has 0 bridgehead atoms. The van der Waals surface area contributed by atoms with Crippen molar-refractivity contribution in [3.63, 3.8) is 0 Å². The molecule has 0 saturated heterocycles. The number of benzene rings is 2. The van der Waals surface area contributed by atoms with Crippen LogP contribution in [-0.4, -0.2) is 34.3 Å². The summed E-state index contributed by atoms with van der Waals surface area (Å²) in [5, 5.41) is 7.71. The zero-order valence-electron chi connectivity index (χ0n) is 15.3. The lowest BCUT2D eigenvalue weighted by Crippen LogP contribution is -2.26. The average Bonchev–Trinajstić information content (AvgIpc) is 3.07. The third kappa shape index (κ3) is 4.65. The number of carbonyl (C=O) groups excluding carboxylic acids is 1. The van der Waals surface area contributed by atoms with Crippen molar-refractivity contribution < 1.29 is 9.53 Å². The van der Waals surface area contributed by atoms with E-state index in [2.05, 4.69) is 15.4 Å². The second-order valence-electron chi connectivity index (χ2n) is 6.05. The molecule has 1 amide bonds. The molecule has 0 aliphatic rings. The average molecular weight is 385 g/mol.